The van der Waals surface area contributed by atoms with E-state index in [2.05, 4.69) is 4.98 Å². The van der Waals surface area contributed by atoms with E-state index in [4.69, 9.17) is 4.74 Å². The van der Waals surface area contributed by atoms with E-state index in [0.29, 0.717) is 19.0 Å². The van der Waals surface area contributed by atoms with E-state index in [1.54, 1.807) is 34.4 Å². The molecule has 98 valence electrons. The van der Waals surface area contributed by atoms with Gasteiger partial charge in [-0.15, -0.1) is 22.7 Å². The summed E-state index contributed by atoms with van der Waals surface area (Å²) in [4.78, 5) is 5.52. The molecule has 6 heteroatoms. The second-order valence-electron chi connectivity index (χ2n) is 3.81. The van der Waals surface area contributed by atoms with Gasteiger partial charge in [-0.1, -0.05) is 17.8 Å². The van der Waals surface area contributed by atoms with Crippen LogP contribution in [0.5, 0.6) is 0 Å². The van der Waals surface area contributed by atoms with Crippen molar-refractivity contribution < 1.29 is 9.84 Å². The van der Waals surface area contributed by atoms with Crippen molar-refractivity contribution in [3.63, 3.8) is 0 Å². The van der Waals surface area contributed by atoms with Crippen molar-refractivity contribution in [1.82, 2.24) is 4.98 Å². The van der Waals surface area contributed by atoms with E-state index in [-0.39, 0.29) is 0 Å². The number of aryl methyl sites for hydroxylation is 1. The lowest BCUT2D eigenvalue weighted by atomic mass is 10.4. The third-order valence-electron chi connectivity index (χ3n) is 2.13. The number of hydrogen-bond donors (Lipinski definition) is 1. The number of rotatable bonds is 7. The molecule has 3 nitrogen and oxygen atoms in total. The maximum absolute atomic E-state index is 9.78. The van der Waals surface area contributed by atoms with Crippen molar-refractivity contribution in [3.05, 3.63) is 33.5 Å². The normalized spacial score (nSPS) is 12.8. The lowest BCUT2D eigenvalue weighted by Crippen LogP contribution is -2.17. The van der Waals surface area contributed by atoms with Gasteiger partial charge in [0, 0.05) is 21.7 Å². The second-order valence-corrected chi connectivity index (χ2v) is 6.97. The highest BCUT2D eigenvalue weighted by Gasteiger charge is 2.07. The van der Waals surface area contributed by atoms with Crippen LogP contribution in [0.3, 0.4) is 0 Å². The molecule has 0 aliphatic heterocycles. The molecule has 0 bridgehead atoms. The highest BCUT2D eigenvalue weighted by molar-refractivity contribution is 8.01. The number of thiazole rings is 1. The van der Waals surface area contributed by atoms with E-state index in [0.717, 1.165) is 10.0 Å². The second kappa shape index (κ2) is 7.25. The SMILES string of the molecule is Cc1csc(SCC(O)COCc2cccs2)n1. The number of hydrogen-bond acceptors (Lipinski definition) is 6. The maximum atomic E-state index is 9.78. The van der Waals surface area contributed by atoms with Crippen LogP contribution in [0.1, 0.15) is 10.6 Å². The van der Waals surface area contributed by atoms with Crippen LogP contribution in [0.25, 0.3) is 0 Å². The fourth-order valence-electron chi connectivity index (χ4n) is 1.30. The predicted molar refractivity (Wildman–Crippen MR) is 77.6 cm³/mol. The molecule has 2 heterocycles. The highest BCUT2D eigenvalue weighted by Crippen LogP contribution is 2.23. The van der Waals surface area contributed by atoms with Gasteiger partial charge in [-0.2, -0.15) is 0 Å². The van der Waals surface area contributed by atoms with Gasteiger partial charge in [0.1, 0.15) is 4.34 Å². The quantitative estimate of drug-likeness (QED) is 0.798. The van der Waals surface area contributed by atoms with Crippen LogP contribution in [0.15, 0.2) is 27.2 Å². The minimum absolute atomic E-state index is 0.370. The number of nitrogens with zero attached hydrogens (tertiary/aromatic N) is 1. The third kappa shape index (κ3) is 4.70. The van der Waals surface area contributed by atoms with Crippen molar-refractivity contribution in [2.75, 3.05) is 12.4 Å². The third-order valence-corrected chi connectivity index (χ3v) is 5.27. The first-order valence-electron chi connectivity index (χ1n) is 5.57. The van der Waals surface area contributed by atoms with Gasteiger partial charge >= 0.3 is 0 Å². The molecule has 18 heavy (non-hydrogen) atoms. The van der Waals surface area contributed by atoms with Gasteiger partial charge in [-0.05, 0) is 18.4 Å². The van der Waals surface area contributed by atoms with Crippen molar-refractivity contribution in [3.8, 4) is 0 Å². The lowest BCUT2D eigenvalue weighted by molar-refractivity contribution is 0.0409. The number of ether oxygens (including phenoxy) is 1. The number of thioether (sulfide) groups is 1. The molecule has 0 saturated heterocycles. The van der Waals surface area contributed by atoms with Gasteiger partial charge < -0.3 is 9.84 Å². The van der Waals surface area contributed by atoms with Crippen LogP contribution >= 0.6 is 34.4 Å². The zero-order valence-electron chi connectivity index (χ0n) is 10.0. The van der Waals surface area contributed by atoms with E-state index in [1.807, 2.05) is 29.8 Å². The molecular weight excluding hydrogens is 286 g/mol. The lowest BCUT2D eigenvalue weighted by Gasteiger charge is -2.09. The Bertz CT molecular complexity index is 456. The highest BCUT2D eigenvalue weighted by atomic mass is 32.2. The molecule has 2 rings (SSSR count). The molecule has 2 aromatic rings. The molecule has 0 spiro atoms. The summed E-state index contributed by atoms with van der Waals surface area (Å²) < 4.78 is 6.47. The molecule has 0 radical (unpaired) electrons. The van der Waals surface area contributed by atoms with E-state index >= 15 is 0 Å². The fraction of sp³-hybridized carbons (Fsp3) is 0.417. The van der Waals surface area contributed by atoms with Crippen molar-refractivity contribution >= 4 is 34.4 Å². The Morgan fingerprint density at radius 1 is 1.50 bits per heavy atom. The molecule has 1 atom stereocenters. The molecule has 1 N–H and O–H groups in total. The Labute approximate surface area is 119 Å². The summed E-state index contributed by atoms with van der Waals surface area (Å²) in [6.07, 6.45) is -0.445. The largest absolute Gasteiger partial charge is 0.390 e. The predicted octanol–water partition coefficient (Wildman–Crippen LogP) is 3.18. The Kier molecular flexibility index (Phi) is 5.65. The molecule has 2 aromatic heterocycles. The summed E-state index contributed by atoms with van der Waals surface area (Å²) in [5.74, 6) is 0.622. The fourth-order valence-corrected chi connectivity index (χ4v) is 3.73. The van der Waals surface area contributed by atoms with Crippen LogP contribution in [-0.2, 0) is 11.3 Å². The summed E-state index contributed by atoms with van der Waals surface area (Å²) in [5, 5.41) is 13.8. The number of aliphatic hydroxyl groups excluding tert-OH is 1. The number of aromatic nitrogens is 1. The van der Waals surface area contributed by atoms with Crippen LogP contribution < -0.4 is 0 Å². The zero-order valence-corrected chi connectivity index (χ0v) is 12.5. The average molecular weight is 301 g/mol. The smallest absolute Gasteiger partial charge is 0.150 e. The Hall–Kier alpha value is -0.400. The van der Waals surface area contributed by atoms with Gasteiger partial charge in [-0.3, -0.25) is 0 Å². The Morgan fingerprint density at radius 3 is 3.06 bits per heavy atom. The topological polar surface area (TPSA) is 42.4 Å². The molecule has 0 aliphatic rings. The maximum Gasteiger partial charge on any atom is 0.150 e. The van der Waals surface area contributed by atoms with Gasteiger partial charge in [0.05, 0.1) is 19.3 Å². The number of aliphatic hydroxyl groups is 1. The standard InChI is InChI=1S/C12H15NO2S3/c1-9-7-17-12(13-9)18-8-10(14)5-15-6-11-3-2-4-16-11/h2-4,7,10,14H,5-6,8H2,1H3. The minimum Gasteiger partial charge on any atom is -0.390 e. The van der Waals surface area contributed by atoms with Crippen LogP contribution in [0.2, 0.25) is 0 Å². The van der Waals surface area contributed by atoms with Crippen molar-refractivity contribution in [2.45, 2.75) is 24.0 Å². The first kappa shape index (κ1) is 14.0. The average Bonchev–Trinajstić information content (AvgIpc) is 2.98. The molecule has 0 saturated carbocycles. The zero-order chi connectivity index (χ0) is 12.8. The van der Waals surface area contributed by atoms with Gasteiger partial charge in [0.25, 0.3) is 0 Å². The van der Waals surface area contributed by atoms with Crippen LogP contribution in [-0.4, -0.2) is 28.6 Å². The van der Waals surface area contributed by atoms with Gasteiger partial charge in [0.2, 0.25) is 0 Å². The first-order valence-corrected chi connectivity index (χ1v) is 8.31. The molecular formula is C12H15NO2S3. The molecule has 0 amide bonds. The monoisotopic (exact) mass is 301 g/mol. The Morgan fingerprint density at radius 2 is 2.39 bits per heavy atom. The van der Waals surface area contributed by atoms with E-state index < -0.39 is 6.10 Å². The van der Waals surface area contributed by atoms with Crippen molar-refractivity contribution in [2.24, 2.45) is 0 Å². The number of thiophene rings is 1. The van der Waals surface area contributed by atoms with Crippen LogP contribution in [0, 0.1) is 6.92 Å². The first-order chi connectivity index (χ1) is 8.74. The molecule has 1 unspecified atom stereocenters. The summed E-state index contributed by atoms with van der Waals surface area (Å²) in [6.45, 7) is 2.92. The minimum atomic E-state index is -0.445. The van der Waals surface area contributed by atoms with Crippen molar-refractivity contribution in [1.29, 1.82) is 0 Å². The van der Waals surface area contributed by atoms with Gasteiger partial charge in [0.15, 0.2) is 0 Å². The summed E-state index contributed by atoms with van der Waals surface area (Å²) in [5.41, 5.74) is 1.03. The van der Waals surface area contributed by atoms with E-state index in [9.17, 15) is 5.11 Å². The molecule has 0 fully saturated rings. The summed E-state index contributed by atoms with van der Waals surface area (Å²) in [7, 11) is 0. The van der Waals surface area contributed by atoms with Crippen LogP contribution in [0.4, 0.5) is 0 Å². The Balaban J connectivity index is 1.61. The summed E-state index contributed by atoms with van der Waals surface area (Å²) in [6, 6.07) is 4.03. The molecule has 0 aliphatic carbocycles. The molecule has 0 aromatic carbocycles. The summed E-state index contributed by atoms with van der Waals surface area (Å²) >= 11 is 4.86. The van der Waals surface area contributed by atoms with E-state index in [1.165, 1.54) is 4.88 Å². The van der Waals surface area contributed by atoms with Gasteiger partial charge in [-0.25, -0.2) is 4.98 Å².